The second-order valence-electron chi connectivity index (χ2n) is 17.9. The molecule has 356 valence electrons. The number of halogens is 2. The Hall–Kier alpha value is -5.84. The molecule has 0 saturated heterocycles. The molecule has 0 saturated carbocycles. The molecular weight excluding hydrogens is 911 g/mol. The van der Waals surface area contributed by atoms with E-state index in [1.54, 1.807) is 0 Å². The quantitative estimate of drug-likeness (QED) is 0.185. The molecule has 2 amide bonds. The van der Waals surface area contributed by atoms with Gasteiger partial charge in [-0.3, -0.25) is 38.6 Å². The van der Waals surface area contributed by atoms with E-state index >= 15 is 0 Å². The van der Waals surface area contributed by atoms with E-state index < -0.39 is 150 Å². The van der Waals surface area contributed by atoms with Crippen LogP contribution in [0.15, 0.2) is 81.7 Å². The Morgan fingerprint density at radius 3 is 1.15 bits per heavy atom. The van der Waals surface area contributed by atoms with Gasteiger partial charge < -0.3 is 62.5 Å². The summed E-state index contributed by atoms with van der Waals surface area (Å²) in [6.07, 6.45) is -0.400. The normalized spacial score (nSPS) is 33.3. The number of aliphatic hydroxyl groups is 8. The molecule has 10 atom stereocenters. The molecule has 0 bridgehead atoms. The van der Waals surface area contributed by atoms with Gasteiger partial charge in [0.15, 0.2) is 22.8 Å². The lowest BCUT2D eigenvalue weighted by Crippen LogP contribution is -2.65. The Kier molecular flexibility index (Phi) is 12.8. The molecule has 14 N–H and O–H groups in total. The smallest absolute Gasteiger partial charge is 0.255 e. The van der Waals surface area contributed by atoms with Gasteiger partial charge in [0, 0.05) is 34.8 Å². The molecule has 6 aliphatic rings. The monoisotopic (exact) mass is 960 g/mol. The number of hydrogen-bond donors (Lipinski definition) is 12. The highest BCUT2D eigenvalue weighted by Crippen LogP contribution is 2.58. The van der Waals surface area contributed by atoms with Crippen LogP contribution in [0.4, 0.5) is 0 Å². The molecule has 0 aromatic heterocycles. The van der Waals surface area contributed by atoms with Crippen LogP contribution in [0, 0.1) is 23.7 Å². The van der Waals surface area contributed by atoms with Crippen molar-refractivity contribution in [2.75, 3.05) is 28.2 Å². The zero-order chi connectivity index (χ0) is 47.8. The first-order valence-electron chi connectivity index (χ1n) is 19.9. The minimum absolute atomic E-state index is 0. The minimum atomic E-state index is -2.75. The lowest BCUT2D eigenvalue weighted by molar-refractivity contribution is -0.152. The molecule has 0 unspecified atom stereocenters. The van der Waals surface area contributed by atoms with Gasteiger partial charge in [-0.1, -0.05) is 24.3 Å². The zero-order valence-corrected chi connectivity index (χ0v) is 37.8. The SMILES string of the molecule is CN(C)[C@@H]1C(O)=C(C(N)=O)C(=O)[C@@]2(O)C(O)=C3C(=O)c4c(O)cccc4[C@@](C)(O)[C@H]3C[C@@H]12.CN(C)[C@@H]1C(O)=C(C(N)=O)C(=O)[C@@]2(O)C(O)=C3C(=O)c4c(O)cccc4[C@@](C)(O)[C@H]3C[C@@H]12.Cl.Cl. The van der Waals surface area contributed by atoms with Crippen molar-refractivity contribution in [3.8, 4) is 11.5 Å². The number of carbonyl (C=O) groups excluding carboxylic acids is 6. The summed E-state index contributed by atoms with van der Waals surface area (Å²) in [5.74, 6) is -15.8. The lowest BCUT2D eigenvalue weighted by atomic mass is 9.55. The zero-order valence-electron chi connectivity index (χ0n) is 36.1. The summed E-state index contributed by atoms with van der Waals surface area (Å²) in [5.41, 5.74) is -1.31. The van der Waals surface area contributed by atoms with Gasteiger partial charge in [0.05, 0.1) is 34.4 Å². The molecule has 2 aromatic carbocycles. The van der Waals surface area contributed by atoms with Crippen molar-refractivity contribution in [1.29, 1.82) is 0 Å². The maximum absolute atomic E-state index is 13.3. The van der Waals surface area contributed by atoms with Crippen LogP contribution < -0.4 is 11.5 Å². The van der Waals surface area contributed by atoms with Crippen molar-refractivity contribution < 1.29 is 79.8 Å². The first-order chi connectivity index (χ1) is 29.5. The number of nitrogens with zero attached hydrogens (tertiary/aromatic N) is 2. The summed E-state index contributed by atoms with van der Waals surface area (Å²) in [5, 5.41) is 110. The van der Waals surface area contributed by atoms with Crippen molar-refractivity contribution in [1.82, 2.24) is 9.80 Å². The summed E-state index contributed by atoms with van der Waals surface area (Å²) in [6, 6.07) is 6.10. The first-order valence-corrected chi connectivity index (χ1v) is 19.9. The number of primary amides is 2. The largest absolute Gasteiger partial charge is 0.510 e. The molecule has 6 aliphatic carbocycles. The van der Waals surface area contributed by atoms with Gasteiger partial charge in [-0.2, -0.15) is 0 Å². The topological polar surface area (TPSA) is 363 Å². The fraction of sp³-hybridized carbons (Fsp3) is 0.409. The van der Waals surface area contributed by atoms with Crippen molar-refractivity contribution in [3.05, 3.63) is 104 Å². The van der Waals surface area contributed by atoms with Crippen LogP contribution in [0.5, 0.6) is 11.5 Å². The third kappa shape index (κ3) is 6.56. The fourth-order valence-corrected chi connectivity index (χ4v) is 11.0. The van der Waals surface area contributed by atoms with E-state index in [1.165, 1.54) is 88.2 Å². The number of carbonyl (C=O) groups is 6. The third-order valence-electron chi connectivity index (χ3n) is 14.0. The fourth-order valence-electron chi connectivity index (χ4n) is 11.0. The van der Waals surface area contributed by atoms with E-state index in [9.17, 15) is 79.8 Å². The molecule has 22 heteroatoms. The molecule has 20 nitrogen and oxygen atoms in total. The number of hydrogen-bond acceptors (Lipinski definition) is 18. The van der Waals surface area contributed by atoms with E-state index in [-0.39, 0.29) is 59.9 Å². The third-order valence-corrected chi connectivity index (χ3v) is 14.0. The first kappa shape index (κ1) is 51.1. The molecule has 8 rings (SSSR count). The average molecular weight is 962 g/mol. The number of aromatic hydroxyl groups is 2. The number of likely N-dealkylation sites (N-methyl/N-ethyl adjacent to an activating group) is 2. The Morgan fingerprint density at radius 1 is 0.576 bits per heavy atom. The number of benzene rings is 2. The van der Waals surface area contributed by atoms with Crippen molar-refractivity contribution in [2.24, 2.45) is 35.1 Å². The summed E-state index contributed by atoms with van der Waals surface area (Å²) in [6.45, 7) is 2.81. The van der Waals surface area contributed by atoms with Gasteiger partial charge >= 0.3 is 0 Å². The number of phenolic OH excluding ortho intramolecular Hbond substituents is 2. The van der Waals surface area contributed by atoms with Gasteiger partial charge in [-0.15, -0.1) is 24.8 Å². The molecule has 0 aliphatic heterocycles. The van der Waals surface area contributed by atoms with Crippen LogP contribution >= 0.6 is 24.8 Å². The molecule has 0 spiro atoms. The highest BCUT2D eigenvalue weighted by molar-refractivity contribution is 6.26. The molecule has 66 heavy (non-hydrogen) atoms. The second-order valence-corrected chi connectivity index (χ2v) is 17.9. The number of aliphatic hydroxyl groups excluding tert-OH is 4. The molecule has 0 heterocycles. The number of rotatable bonds is 4. The number of phenols is 2. The van der Waals surface area contributed by atoms with Gasteiger partial charge in [-0.25, -0.2) is 0 Å². The summed E-state index contributed by atoms with van der Waals surface area (Å²) >= 11 is 0. The van der Waals surface area contributed by atoms with Crippen LogP contribution in [0.1, 0.15) is 58.5 Å². The Labute approximate surface area is 388 Å². The molecular formula is C44H50Cl2N4O16. The Bertz CT molecular complexity index is 2490. The molecule has 2 aromatic rings. The van der Waals surface area contributed by atoms with E-state index in [4.69, 9.17) is 11.5 Å². The number of amides is 2. The standard InChI is InChI=1S/2C22H24N2O8.2ClH/c2*1-21(31)8-5-4-6-11(25)12(8)16(26)13-9(21)7-10-15(24(2)3)17(27)14(20(23)30)19(29)22(10,32)18(13)28;;/h2*4-6,9-10,15,25,27-28,31-32H,7H2,1-3H3,(H2,23,30);2*1H/t2*9-,10-,15-,21+,22-;;/m00../s1. The lowest BCUT2D eigenvalue weighted by Gasteiger charge is -2.52. The van der Waals surface area contributed by atoms with Crippen LogP contribution in [0.2, 0.25) is 0 Å². The van der Waals surface area contributed by atoms with Crippen molar-refractivity contribution in [3.63, 3.8) is 0 Å². The number of Topliss-reactive ketones (excluding diaryl/α,β-unsaturated/α-hetero) is 4. The van der Waals surface area contributed by atoms with Gasteiger partial charge in [0.1, 0.15) is 45.7 Å². The van der Waals surface area contributed by atoms with Crippen molar-refractivity contribution in [2.45, 2.75) is 61.2 Å². The minimum Gasteiger partial charge on any atom is -0.510 e. The van der Waals surface area contributed by atoms with E-state index in [2.05, 4.69) is 0 Å². The number of fused-ring (bicyclic) bond motifs is 6. The highest BCUT2D eigenvalue weighted by atomic mass is 35.5. The van der Waals surface area contributed by atoms with Crippen molar-refractivity contribution >= 4 is 59.8 Å². The van der Waals surface area contributed by atoms with Crippen LogP contribution in [-0.4, -0.2) is 147 Å². The summed E-state index contributed by atoms with van der Waals surface area (Å²) in [4.78, 5) is 79.7. The van der Waals surface area contributed by atoms with E-state index in [0.717, 1.165) is 0 Å². The van der Waals surface area contributed by atoms with Gasteiger partial charge in [-0.05, 0) is 78.1 Å². The van der Waals surface area contributed by atoms with Gasteiger partial charge in [0.25, 0.3) is 11.8 Å². The maximum Gasteiger partial charge on any atom is 0.255 e. The van der Waals surface area contributed by atoms with Gasteiger partial charge in [0.2, 0.25) is 11.6 Å². The van der Waals surface area contributed by atoms with E-state index in [1.807, 2.05) is 0 Å². The second kappa shape index (κ2) is 16.5. The summed E-state index contributed by atoms with van der Waals surface area (Å²) in [7, 11) is 6.12. The number of nitrogens with two attached hydrogens (primary N) is 2. The highest BCUT2D eigenvalue weighted by Gasteiger charge is 2.67. The van der Waals surface area contributed by atoms with Crippen LogP contribution in [0.25, 0.3) is 0 Å². The predicted octanol–water partition coefficient (Wildman–Crippen LogP) is 0.415. The van der Waals surface area contributed by atoms with Crippen LogP contribution in [0.3, 0.4) is 0 Å². The Balaban J connectivity index is 0.000000240. The maximum atomic E-state index is 13.3. The van der Waals surface area contributed by atoms with Crippen LogP contribution in [-0.2, 0) is 30.4 Å². The Morgan fingerprint density at radius 2 is 0.879 bits per heavy atom. The average Bonchev–Trinajstić information content (AvgIpc) is 3.18. The molecule has 0 radical (unpaired) electrons. The molecule has 0 fully saturated rings. The summed E-state index contributed by atoms with van der Waals surface area (Å²) < 4.78 is 0. The van der Waals surface area contributed by atoms with E-state index in [0.29, 0.717) is 0 Å². The predicted molar refractivity (Wildman–Crippen MR) is 234 cm³/mol. The number of ketones is 4.